The predicted octanol–water partition coefficient (Wildman–Crippen LogP) is 3.62. The molecule has 7 heteroatoms. The highest BCUT2D eigenvalue weighted by Gasteiger charge is 2.21. The van der Waals surface area contributed by atoms with E-state index in [2.05, 4.69) is 21.1 Å². The summed E-state index contributed by atoms with van der Waals surface area (Å²) in [4.78, 5) is 11.8. The molecule has 0 radical (unpaired) electrons. The molecule has 0 saturated heterocycles. The minimum atomic E-state index is -4.01. The molecule has 1 aromatic carbocycles. The first-order valence-corrected chi connectivity index (χ1v) is 9.12. The lowest BCUT2D eigenvalue weighted by Gasteiger charge is -2.15. The number of hydrogen-bond donors (Lipinski definition) is 0. The Morgan fingerprint density at radius 2 is 1.74 bits per heavy atom. The van der Waals surface area contributed by atoms with Crippen LogP contribution in [0.25, 0.3) is 0 Å². The molecule has 1 aromatic rings. The number of nitrogens with zero attached hydrogens (tertiary/aromatic N) is 1. The summed E-state index contributed by atoms with van der Waals surface area (Å²) >= 11 is 3.24. The number of hydrogen-bond acceptors (Lipinski definition) is 5. The van der Waals surface area contributed by atoms with Crippen LogP contribution in [-0.2, 0) is 19.2 Å². The van der Waals surface area contributed by atoms with Crippen LogP contribution >= 0.6 is 15.9 Å². The van der Waals surface area contributed by atoms with Crippen molar-refractivity contribution in [1.29, 1.82) is 0 Å². The van der Waals surface area contributed by atoms with Crippen LogP contribution in [0.3, 0.4) is 0 Å². The summed E-state index contributed by atoms with van der Waals surface area (Å²) in [6.45, 7) is 5.44. The first kappa shape index (κ1) is 17.6. The molecule has 0 amide bonds. The van der Waals surface area contributed by atoms with E-state index >= 15 is 0 Å². The van der Waals surface area contributed by atoms with Gasteiger partial charge in [0.25, 0.3) is 0 Å². The molecule has 0 aliphatic heterocycles. The average Bonchev–Trinajstić information content (AvgIpc) is 2.48. The fourth-order valence-corrected chi connectivity index (χ4v) is 2.96. The van der Waals surface area contributed by atoms with Crippen LogP contribution in [0.5, 0.6) is 0 Å². The third-order valence-electron chi connectivity index (χ3n) is 3.28. The summed E-state index contributed by atoms with van der Waals surface area (Å²) in [6.07, 6.45) is 3.00. The summed E-state index contributed by atoms with van der Waals surface area (Å²) in [6, 6.07) is 6.05. The second kappa shape index (κ2) is 6.80. The van der Waals surface area contributed by atoms with Crippen LogP contribution in [-0.4, -0.2) is 19.9 Å². The maximum absolute atomic E-state index is 12.2. The van der Waals surface area contributed by atoms with Crippen LogP contribution in [0.4, 0.5) is 0 Å². The molecule has 5 nitrogen and oxygen atoms in total. The summed E-state index contributed by atoms with van der Waals surface area (Å²) in [7, 11) is -4.01. The Balaban J connectivity index is 2.32. The van der Waals surface area contributed by atoms with Gasteiger partial charge in [0, 0.05) is 4.47 Å². The Labute approximate surface area is 144 Å². The van der Waals surface area contributed by atoms with Gasteiger partial charge in [-0.15, -0.1) is 0 Å². The fourth-order valence-electron chi connectivity index (χ4n) is 1.96. The summed E-state index contributed by atoms with van der Waals surface area (Å²) < 4.78 is 29.9. The van der Waals surface area contributed by atoms with Gasteiger partial charge in [0.1, 0.15) is 10.6 Å². The van der Waals surface area contributed by atoms with Crippen LogP contribution in [0.1, 0.15) is 20.8 Å². The van der Waals surface area contributed by atoms with Gasteiger partial charge in [-0.05, 0) is 60.4 Å². The highest BCUT2D eigenvalue weighted by atomic mass is 79.9. The van der Waals surface area contributed by atoms with E-state index in [0.29, 0.717) is 16.9 Å². The molecule has 0 bridgehead atoms. The zero-order valence-electron chi connectivity index (χ0n) is 12.9. The molecule has 122 valence electrons. The lowest BCUT2D eigenvalue weighted by atomic mass is 9.90. The summed E-state index contributed by atoms with van der Waals surface area (Å²) in [5.41, 5.74) is 1.47. The molecule has 1 aliphatic rings. The number of oxime groups is 1. The van der Waals surface area contributed by atoms with Gasteiger partial charge >= 0.3 is 10.1 Å². The van der Waals surface area contributed by atoms with Crippen molar-refractivity contribution in [3.63, 3.8) is 0 Å². The number of benzene rings is 1. The second-order valence-electron chi connectivity index (χ2n) is 5.41. The first-order chi connectivity index (χ1) is 10.7. The number of allylic oxidation sites excluding steroid dienone is 4. The Morgan fingerprint density at radius 1 is 1.13 bits per heavy atom. The van der Waals surface area contributed by atoms with E-state index < -0.39 is 10.1 Å². The van der Waals surface area contributed by atoms with Crippen molar-refractivity contribution in [3.05, 3.63) is 52.0 Å². The van der Waals surface area contributed by atoms with Crippen LogP contribution in [0.2, 0.25) is 0 Å². The van der Waals surface area contributed by atoms with Crippen molar-refractivity contribution < 1.29 is 17.5 Å². The van der Waals surface area contributed by atoms with Crippen molar-refractivity contribution in [1.82, 2.24) is 0 Å². The third kappa shape index (κ3) is 4.17. The van der Waals surface area contributed by atoms with Crippen molar-refractivity contribution >= 4 is 37.5 Å². The van der Waals surface area contributed by atoms with Gasteiger partial charge in [-0.3, -0.25) is 9.08 Å². The Bertz CT molecular complexity index is 818. The standard InChI is InChI=1S/C16H16BrNO4S/c1-10(2)14-9-16(19)11(3)8-15(14)18-22-23(20,21)13-6-4-12(17)5-7-13/h4-10H,1-3H3/b18-15-. The monoisotopic (exact) mass is 397 g/mol. The molecule has 0 atom stereocenters. The maximum Gasteiger partial charge on any atom is 0.358 e. The Morgan fingerprint density at radius 3 is 2.30 bits per heavy atom. The van der Waals surface area contributed by atoms with Crippen molar-refractivity contribution in [2.45, 2.75) is 25.7 Å². The molecular formula is C16H16BrNO4S. The SMILES string of the molecule is CC1=C/C(=N/OS(=O)(=O)c2ccc(Br)cc2)C(C(C)C)=CC1=O. The Kier molecular flexibility index (Phi) is 5.21. The molecule has 0 spiro atoms. The summed E-state index contributed by atoms with van der Waals surface area (Å²) in [5.74, 6) is -0.0931. The Hall–Kier alpha value is -1.73. The van der Waals surface area contributed by atoms with Gasteiger partial charge in [0.05, 0.1) is 0 Å². The fraction of sp³-hybridized carbons (Fsp3) is 0.250. The van der Waals surface area contributed by atoms with Gasteiger partial charge in [-0.1, -0.05) is 34.9 Å². The second-order valence-corrected chi connectivity index (χ2v) is 7.85. The minimum absolute atomic E-state index is 0.00714. The molecule has 0 unspecified atom stereocenters. The third-order valence-corrected chi connectivity index (χ3v) is 4.93. The largest absolute Gasteiger partial charge is 0.358 e. The molecular weight excluding hydrogens is 382 g/mol. The average molecular weight is 398 g/mol. The van der Waals surface area contributed by atoms with Crippen molar-refractivity contribution in [2.24, 2.45) is 11.1 Å². The lowest BCUT2D eigenvalue weighted by Crippen LogP contribution is -2.16. The normalized spacial score (nSPS) is 17.3. The summed E-state index contributed by atoms with van der Waals surface area (Å²) in [5, 5.41) is 3.76. The minimum Gasteiger partial charge on any atom is -0.290 e. The van der Waals surface area contributed by atoms with Gasteiger partial charge < -0.3 is 0 Å². The van der Waals surface area contributed by atoms with Crippen LogP contribution < -0.4 is 0 Å². The molecule has 1 aliphatic carbocycles. The van der Waals surface area contributed by atoms with E-state index in [4.69, 9.17) is 4.28 Å². The van der Waals surface area contributed by atoms with Crippen molar-refractivity contribution in [2.75, 3.05) is 0 Å². The van der Waals surface area contributed by atoms with Gasteiger partial charge in [-0.2, -0.15) is 8.42 Å². The van der Waals surface area contributed by atoms with Crippen molar-refractivity contribution in [3.8, 4) is 0 Å². The van der Waals surface area contributed by atoms with E-state index in [9.17, 15) is 13.2 Å². The molecule has 0 aromatic heterocycles. The van der Waals surface area contributed by atoms with E-state index in [1.54, 1.807) is 19.1 Å². The lowest BCUT2D eigenvalue weighted by molar-refractivity contribution is -0.111. The number of carbonyl (C=O) groups is 1. The first-order valence-electron chi connectivity index (χ1n) is 6.92. The number of rotatable bonds is 4. The smallest absolute Gasteiger partial charge is 0.290 e. The maximum atomic E-state index is 12.2. The topological polar surface area (TPSA) is 72.8 Å². The predicted molar refractivity (Wildman–Crippen MR) is 91.5 cm³/mol. The zero-order valence-corrected chi connectivity index (χ0v) is 15.3. The van der Waals surface area contributed by atoms with Gasteiger partial charge in [0.15, 0.2) is 5.78 Å². The van der Waals surface area contributed by atoms with E-state index in [0.717, 1.165) is 4.47 Å². The number of ketones is 1. The number of halogens is 1. The van der Waals surface area contributed by atoms with Crippen LogP contribution in [0.15, 0.2) is 62.1 Å². The van der Waals surface area contributed by atoms with E-state index in [1.165, 1.54) is 24.3 Å². The highest BCUT2D eigenvalue weighted by Crippen LogP contribution is 2.22. The highest BCUT2D eigenvalue weighted by molar-refractivity contribution is 9.10. The van der Waals surface area contributed by atoms with E-state index in [1.807, 2.05) is 13.8 Å². The molecule has 2 rings (SSSR count). The number of carbonyl (C=O) groups excluding carboxylic acids is 1. The molecule has 0 saturated carbocycles. The zero-order chi connectivity index (χ0) is 17.2. The molecule has 23 heavy (non-hydrogen) atoms. The van der Waals surface area contributed by atoms with Gasteiger partial charge in [0.2, 0.25) is 0 Å². The van der Waals surface area contributed by atoms with E-state index in [-0.39, 0.29) is 16.6 Å². The molecule has 0 heterocycles. The van der Waals surface area contributed by atoms with Gasteiger partial charge in [-0.25, -0.2) is 0 Å². The van der Waals surface area contributed by atoms with Crippen LogP contribution in [0, 0.1) is 5.92 Å². The molecule has 0 N–H and O–H groups in total. The molecule has 0 fully saturated rings. The quantitative estimate of drug-likeness (QED) is 0.574.